The van der Waals surface area contributed by atoms with Crippen LogP contribution in [-0.4, -0.2) is 45.1 Å². The molecule has 0 amide bonds. The van der Waals surface area contributed by atoms with Crippen LogP contribution in [0.2, 0.25) is 0 Å². The van der Waals surface area contributed by atoms with Crippen molar-refractivity contribution in [2.45, 2.75) is 64.3 Å². The summed E-state index contributed by atoms with van der Waals surface area (Å²) in [5.41, 5.74) is 3.66. The highest BCUT2D eigenvalue weighted by molar-refractivity contribution is 5.62. The van der Waals surface area contributed by atoms with Crippen LogP contribution in [-0.2, 0) is 11.3 Å². The fraction of sp³-hybridized carbons (Fsp3) is 0.545. The molecule has 0 spiro atoms. The van der Waals surface area contributed by atoms with E-state index in [0.29, 0.717) is 18.2 Å². The summed E-state index contributed by atoms with van der Waals surface area (Å²) in [5, 5.41) is 8.63. The fourth-order valence-corrected chi connectivity index (χ4v) is 3.92. The van der Waals surface area contributed by atoms with E-state index in [0.717, 1.165) is 51.1 Å². The first-order valence-corrected chi connectivity index (χ1v) is 10.2. The van der Waals surface area contributed by atoms with Gasteiger partial charge in [0, 0.05) is 25.2 Å². The molecule has 0 radical (unpaired) electrons. The third-order valence-corrected chi connectivity index (χ3v) is 5.76. The molecule has 4 rings (SSSR count). The van der Waals surface area contributed by atoms with Gasteiger partial charge in [-0.25, -0.2) is 4.68 Å². The third kappa shape index (κ3) is 4.47. The number of hydrogen-bond donors (Lipinski definition) is 0. The Hall–Kier alpha value is -1.98. The van der Waals surface area contributed by atoms with Gasteiger partial charge in [-0.1, -0.05) is 41.6 Å². The van der Waals surface area contributed by atoms with E-state index >= 15 is 0 Å². The Morgan fingerprint density at radius 2 is 1.96 bits per heavy atom. The zero-order chi connectivity index (χ0) is 18.6. The maximum atomic E-state index is 6.07. The largest absolute Gasteiger partial charge is 0.373 e. The van der Waals surface area contributed by atoms with Crippen LogP contribution in [0, 0.1) is 0 Å². The Bertz CT molecular complexity index is 762. The normalized spacial score (nSPS) is 23.7. The van der Waals surface area contributed by atoms with Crippen molar-refractivity contribution < 1.29 is 4.74 Å². The topological polar surface area (TPSA) is 43.2 Å². The molecule has 0 unspecified atom stereocenters. The Morgan fingerprint density at radius 3 is 2.70 bits per heavy atom. The Morgan fingerprint density at radius 1 is 1.15 bits per heavy atom. The maximum Gasteiger partial charge on any atom is 0.108 e. The summed E-state index contributed by atoms with van der Waals surface area (Å²) < 4.78 is 8.02. The molecule has 2 heterocycles. The molecule has 0 atom stereocenters. The molecule has 1 aliphatic carbocycles. The average molecular weight is 367 g/mol. The lowest BCUT2D eigenvalue weighted by Crippen LogP contribution is -2.48. The molecule has 2 aliphatic rings. The molecule has 27 heavy (non-hydrogen) atoms. The highest BCUT2D eigenvalue weighted by atomic mass is 16.5. The monoisotopic (exact) mass is 366 g/mol. The van der Waals surface area contributed by atoms with E-state index in [1.807, 2.05) is 10.7 Å². The van der Waals surface area contributed by atoms with Crippen LogP contribution < -0.4 is 0 Å². The number of ether oxygens (including phenoxy) is 1. The standard InChI is InChI=1S/C22H30N4O/c1-17(2)26-15-22(23-24-26)19-9-6-11-25(12-10-19)20-13-21(14-20)27-16-18-7-4-3-5-8-18/h3-5,7-9,15,17,20-21H,6,10-14,16H2,1-2H3. The van der Waals surface area contributed by atoms with Crippen LogP contribution in [0.3, 0.4) is 0 Å². The second-order valence-electron chi connectivity index (χ2n) is 8.03. The van der Waals surface area contributed by atoms with Crippen molar-refractivity contribution in [2.24, 2.45) is 0 Å². The first-order valence-electron chi connectivity index (χ1n) is 10.2. The number of nitrogens with zero attached hydrogens (tertiary/aromatic N) is 4. The van der Waals surface area contributed by atoms with Crippen molar-refractivity contribution in [2.75, 3.05) is 13.1 Å². The average Bonchev–Trinajstić information content (AvgIpc) is 3.02. The molecular formula is C22H30N4O. The second-order valence-corrected chi connectivity index (χ2v) is 8.03. The zero-order valence-electron chi connectivity index (χ0n) is 16.4. The highest BCUT2D eigenvalue weighted by Gasteiger charge is 2.34. The molecule has 0 N–H and O–H groups in total. The van der Waals surface area contributed by atoms with Crippen LogP contribution >= 0.6 is 0 Å². The molecule has 0 bridgehead atoms. The van der Waals surface area contributed by atoms with E-state index in [1.54, 1.807) is 0 Å². The van der Waals surface area contributed by atoms with Gasteiger partial charge < -0.3 is 4.74 Å². The second kappa shape index (κ2) is 8.36. The lowest BCUT2D eigenvalue weighted by atomic mass is 9.87. The summed E-state index contributed by atoms with van der Waals surface area (Å²) in [5.74, 6) is 0. The van der Waals surface area contributed by atoms with Crippen LogP contribution in [0.1, 0.15) is 56.8 Å². The summed E-state index contributed by atoms with van der Waals surface area (Å²) in [6, 6.07) is 11.5. The Labute approximate surface area is 162 Å². The number of rotatable bonds is 6. The summed E-state index contributed by atoms with van der Waals surface area (Å²) in [6.45, 7) is 7.24. The summed E-state index contributed by atoms with van der Waals surface area (Å²) in [7, 11) is 0. The van der Waals surface area contributed by atoms with Crippen molar-refractivity contribution in [3.8, 4) is 0 Å². The van der Waals surface area contributed by atoms with Gasteiger partial charge in [0.15, 0.2) is 0 Å². The van der Waals surface area contributed by atoms with E-state index in [1.165, 1.54) is 11.1 Å². The van der Waals surface area contributed by atoms with E-state index in [9.17, 15) is 0 Å². The predicted molar refractivity (Wildman–Crippen MR) is 107 cm³/mol. The Balaban J connectivity index is 1.23. The van der Waals surface area contributed by atoms with Gasteiger partial charge in [0.25, 0.3) is 0 Å². The van der Waals surface area contributed by atoms with Crippen LogP contribution in [0.4, 0.5) is 0 Å². The van der Waals surface area contributed by atoms with Crippen molar-refractivity contribution in [1.29, 1.82) is 0 Å². The minimum Gasteiger partial charge on any atom is -0.373 e. The highest BCUT2D eigenvalue weighted by Crippen LogP contribution is 2.31. The van der Waals surface area contributed by atoms with Gasteiger partial charge >= 0.3 is 0 Å². The van der Waals surface area contributed by atoms with E-state index in [2.05, 4.69) is 65.6 Å². The molecule has 1 aromatic carbocycles. The van der Waals surface area contributed by atoms with Gasteiger partial charge in [0.1, 0.15) is 5.69 Å². The smallest absolute Gasteiger partial charge is 0.108 e. The van der Waals surface area contributed by atoms with Gasteiger partial charge in [-0.2, -0.15) is 0 Å². The Kier molecular flexibility index (Phi) is 5.69. The van der Waals surface area contributed by atoms with Gasteiger partial charge in [0.2, 0.25) is 0 Å². The fourth-order valence-electron chi connectivity index (χ4n) is 3.92. The number of benzene rings is 1. The molecule has 1 aliphatic heterocycles. The summed E-state index contributed by atoms with van der Waals surface area (Å²) in [6.07, 6.45) is 9.33. The van der Waals surface area contributed by atoms with E-state index in [-0.39, 0.29) is 0 Å². The molecule has 144 valence electrons. The number of hydrogen-bond acceptors (Lipinski definition) is 4. The summed E-state index contributed by atoms with van der Waals surface area (Å²) in [4.78, 5) is 2.64. The first kappa shape index (κ1) is 18.4. The minimum absolute atomic E-state index is 0.358. The molecule has 1 saturated carbocycles. The van der Waals surface area contributed by atoms with Crippen molar-refractivity contribution in [3.05, 3.63) is 53.9 Å². The molecule has 1 aromatic heterocycles. The minimum atomic E-state index is 0.358. The number of aromatic nitrogens is 3. The van der Waals surface area contributed by atoms with Gasteiger partial charge in [-0.15, -0.1) is 5.10 Å². The van der Waals surface area contributed by atoms with Gasteiger partial charge in [0.05, 0.1) is 18.9 Å². The zero-order valence-corrected chi connectivity index (χ0v) is 16.4. The van der Waals surface area contributed by atoms with E-state index < -0.39 is 0 Å². The first-order chi connectivity index (χ1) is 13.2. The molecule has 1 fully saturated rings. The van der Waals surface area contributed by atoms with Crippen molar-refractivity contribution in [3.63, 3.8) is 0 Å². The molecule has 0 saturated heterocycles. The van der Waals surface area contributed by atoms with Crippen LogP contribution in [0.5, 0.6) is 0 Å². The predicted octanol–water partition coefficient (Wildman–Crippen LogP) is 4.09. The van der Waals surface area contributed by atoms with Crippen LogP contribution in [0.25, 0.3) is 5.57 Å². The van der Waals surface area contributed by atoms with Gasteiger partial charge in [-0.05, 0) is 50.7 Å². The molecule has 5 heteroatoms. The third-order valence-electron chi connectivity index (χ3n) is 5.76. The van der Waals surface area contributed by atoms with Crippen molar-refractivity contribution in [1.82, 2.24) is 19.9 Å². The SMILES string of the molecule is CC(C)n1cc(C2=CCCN(C3CC(OCc4ccccc4)C3)CC2)nn1. The maximum absolute atomic E-state index is 6.07. The molecular weight excluding hydrogens is 336 g/mol. The quantitative estimate of drug-likeness (QED) is 0.772. The molecule has 2 aromatic rings. The van der Waals surface area contributed by atoms with E-state index in [4.69, 9.17) is 4.74 Å². The van der Waals surface area contributed by atoms with Crippen LogP contribution in [0.15, 0.2) is 42.6 Å². The lowest BCUT2D eigenvalue weighted by Gasteiger charge is -2.42. The van der Waals surface area contributed by atoms with Crippen molar-refractivity contribution >= 4 is 5.57 Å². The molecule has 5 nitrogen and oxygen atoms in total. The van der Waals surface area contributed by atoms with Gasteiger partial charge in [-0.3, -0.25) is 4.90 Å². The lowest BCUT2D eigenvalue weighted by molar-refractivity contribution is -0.0579. The summed E-state index contributed by atoms with van der Waals surface area (Å²) >= 11 is 0.